The molecule has 0 saturated carbocycles. The SMILES string of the molecule is COc1cccc([C@H](CC(N)=O)NC(=O)c2cn[nH]c2-c2ccccc2)c1. The molecule has 4 N–H and O–H groups in total. The fraction of sp³-hybridized carbons (Fsp3) is 0.150. The molecule has 7 nitrogen and oxygen atoms in total. The van der Waals surface area contributed by atoms with E-state index in [-0.39, 0.29) is 12.3 Å². The van der Waals surface area contributed by atoms with Crippen LogP contribution in [0.5, 0.6) is 5.75 Å². The summed E-state index contributed by atoms with van der Waals surface area (Å²) < 4.78 is 5.22. The Morgan fingerprint density at radius 1 is 1.19 bits per heavy atom. The van der Waals surface area contributed by atoms with Crippen LogP contribution in [0.4, 0.5) is 0 Å². The maximum Gasteiger partial charge on any atom is 0.255 e. The van der Waals surface area contributed by atoms with Crippen LogP contribution in [-0.2, 0) is 4.79 Å². The van der Waals surface area contributed by atoms with Gasteiger partial charge in [-0.3, -0.25) is 14.7 Å². The number of aromatic amines is 1. The second-order valence-corrected chi connectivity index (χ2v) is 6.00. The lowest BCUT2D eigenvalue weighted by molar-refractivity contribution is -0.118. The third kappa shape index (κ3) is 4.33. The summed E-state index contributed by atoms with van der Waals surface area (Å²) in [7, 11) is 1.55. The molecule has 0 aliphatic heterocycles. The Labute approximate surface area is 156 Å². The molecular formula is C20H20N4O3. The number of ether oxygens (including phenoxy) is 1. The molecule has 1 heterocycles. The van der Waals surface area contributed by atoms with Crippen LogP contribution in [0.25, 0.3) is 11.3 Å². The van der Waals surface area contributed by atoms with Gasteiger partial charge in [0.2, 0.25) is 5.91 Å². The molecule has 0 fully saturated rings. The van der Waals surface area contributed by atoms with E-state index in [4.69, 9.17) is 10.5 Å². The van der Waals surface area contributed by atoms with Crippen LogP contribution in [0, 0.1) is 0 Å². The first kappa shape index (κ1) is 18.2. The predicted octanol–water partition coefficient (Wildman–Crippen LogP) is 2.43. The molecule has 2 amide bonds. The van der Waals surface area contributed by atoms with Crippen LogP contribution < -0.4 is 15.8 Å². The lowest BCUT2D eigenvalue weighted by Gasteiger charge is -2.18. The first-order valence-electron chi connectivity index (χ1n) is 8.40. The number of nitrogens with zero attached hydrogens (tertiary/aromatic N) is 1. The van der Waals surface area contributed by atoms with Crippen molar-refractivity contribution >= 4 is 11.8 Å². The van der Waals surface area contributed by atoms with Gasteiger partial charge in [-0.15, -0.1) is 0 Å². The zero-order valence-electron chi connectivity index (χ0n) is 14.8. The van der Waals surface area contributed by atoms with Crippen molar-refractivity contribution < 1.29 is 14.3 Å². The van der Waals surface area contributed by atoms with Crippen molar-refractivity contribution in [3.8, 4) is 17.0 Å². The monoisotopic (exact) mass is 364 g/mol. The number of rotatable bonds is 7. The zero-order chi connectivity index (χ0) is 19.2. The van der Waals surface area contributed by atoms with Gasteiger partial charge in [0.1, 0.15) is 5.75 Å². The molecule has 0 unspecified atom stereocenters. The number of methoxy groups -OCH3 is 1. The number of nitrogens with one attached hydrogen (secondary N) is 2. The number of carbonyl (C=O) groups excluding carboxylic acids is 2. The van der Waals surface area contributed by atoms with Gasteiger partial charge in [-0.2, -0.15) is 5.10 Å². The van der Waals surface area contributed by atoms with Crippen LogP contribution in [-0.4, -0.2) is 29.1 Å². The quantitative estimate of drug-likeness (QED) is 0.598. The Bertz CT molecular complexity index is 937. The van der Waals surface area contributed by atoms with E-state index in [9.17, 15) is 9.59 Å². The first-order valence-corrected chi connectivity index (χ1v) is 8.40. The Morgan fingerprint density at radius 2 is 1.96 bits per heavy atom. The largest absolute Gasteiger partial charge is 0.497 e. The molecule has 3 rings (SSSR count). The molecule has 0 saturated heterocycles. The summed E-state index contributed by atoms with van der Waals surface area (Å²) in [6, 6.07) is 16.0. The van der Waals surface area contributed by atoms with Gasteiger partial charge in [0, 0.05) is 5.56 Å². The molecule has 138 valence electrons. The van der Waals surface area contributed by atoms with Crippen molar-refractivity contribution in [2.24, 2.45) is 5.73 Å². The van der Waals surface area contributed by atoms with E-state index < -0.39 is 11.9 Å². The Balaban J connectivity index is 1.87. The third-order valence-corrected chi connectivity index (χ3v) is 4.15. The number of hydrogen-bond donors (Lipinski definition) is 3. The summed E-state index contributed by atoms with van der Waals surface area (Å²) in [4.78, 5) is 24.4. The topological polar surface area (TPSA) is 110 Å². The summed E-state index contributed by atoms with van der Waals surface area (Å²) in [5, 5.41) is 9.72. The van der Waals surface area contributed by atoms with E-state index >= 15 is 0 Å². The normalized spacial score (nSPS) is 11.6. The van der Waals surface area contributed by atoms with E-state index in [2.05, 4.69) is 15.5 Å². The lowest BCUT2D eigenvalue weighted by Crippen LogP contribution is -2.32. The molecule has 1 atom stereocenters. The van der Waals surface area contributed by atoms with E-state index in [0.717, 1.165) is 11.1 Å². The number of nitrogens with two attached hydrogens (primary N) is 1. The molecule has 2 aromatic carbocycles. The van der Waals surface area contributed by atoms with E-state index in [1.165, 1.54) is 6.20 Å². The minimum absolute atomic E-state index is 0.0303. The molecule has 1 aromatic heterocycles. The minimum Gasteiger partial charge on any atom is -0.497 e. The minimum atomic E-state index is -0.580. The number of aromatic nitrogens is 2. The molecule has 0 bridgehead atoms. The molecule has 7 heteroatoms. The van der Waals surface area contributed by atoms with Gasteiger partial charge in [-0.1, -0.05) is 42.5 Å². The van der Waals surface area contributed by atoms with Gasteiger partial charge < -0.3 is 15.8 Å². The summed E-state index contributed by atoms with van der Waals surface area (Å²) in [6.45, 7) is 0. The summed E-state index contributed by atoms with van der Waals surface area (Å²) in [5.41, 5.74) is 7.94. The standard InChI is InChI=1S/C20H20N4O3/c1-27-15-9-5-8-14(10-15)17(11-18(21)25)23-20(26)16-12-22-24-19(16)13-6-3-2-4-7-13/h2-10,12,17H,11H2,1H3,(H2,21,25)(H,22,24)(H,23,26)/t17-/m0/s1. The Hall–Kier alpha value is -3.61. The highest BCUT2D eigenvalue weighted by Crippen LogP contribution is 2.24. The summed E-state index contributed by atoms with van der Waals surface area (Å²) in [5.74, 6) is -0.236. The average molecular weight is 364 g/mol. The van der Waals surface area contributed by atoms with Gasteiger partial charge in [0.25, 0.3) is 5.91 Å². The van der Waals surface area contributed by atoms with E-state index in [1.54, 1.807) is 25.3 Å². The van der Waals surface area contributed by atoms with Crippen LogP contribution in [0.1, 0.15) is 28.4 Å². The first-order chi connectivity index (χ1) is 13.1. The van der Waals surface area contributed by atoms with Crippen LogP contribution >= 0.6 is 0 Å². The van der Waals surface area contributed by atoms with Crippen molar-refractivity contribution in [2.75, 3.05) is 7.11 Å². The molecule has 0 radical (unpaired) electrons. The Morgan fingerprint density at radius 3 is 2.67 bits per heavy atom. The molecule has 0 spiro atoms. The number of amides is 2. The highest BCUT2D eigenvalue weighted by molar-refractivity contribution is 6.00. The maximum absolute atomic E-state index is 12.9. The summed E-state index contributed by atoms with van der Waals surface area (Å²) >= 11 is 0. The van der Waals surface area contributed by atoms with Crippen molar-refractivity contribution in [1.29, 1.82) is 0 Å². The summed E-state index contributed by atoms with van der Waals surface area (Å²) in [6.07, 6.45) is 1.43. The number of primary amides is 1. The molecule has 0 aliphatic rings. The van der Waals surface area contributed by atoms with Gasteiger partial charge in [-0.25, -0.2) is 0 Å². The van der Waals surface area contributed by atoms with Crippen molar-refractivity contribution in [2.45, 2.75) is 12.5 Å². The van der Waals surface area contributed by atoms with E-state index in [1.807, 2.05) is 36.4 Å². The fourth-order valence-electron chi connectivity index (χ4n) is 2.83. The molecule has 0 aliphatic carbocycles. The third-order valence-electron chi connectivity index (χ3n) is 4.15. The van der Waals surface area contributed by atoms with Crippen molar-refractivity contribution in [3.05, 3.63) is 71.9 Å². The number of hydrogen-bond acceptors (Lipinski definition) is 4. The Kier molecular flexibility index (Phi) is 5.51. The predicted molar refractivity (Wildman–Crippen MR) is 101 cm³/mol. The van der Waals surface area contributed by atoms with Crippen molar-refractivity contribution in [1.82, 2.24) is 15.5 Å². The van der Waals surface area contributed by atoms with Crippen molar-refractivity contribution in [3.63, 3.8) is 0 Å². The fourth-order valence-corrected chi connectivity index (χ4v) is 2.83. The zero-order valence-corrected chi connectivity index (χ0v) is 14.8. The van der Waals surface area contributed by atoms with Gasteiger partial charge in [0.05, 0.1) is 37.0 Å². The molecule has 27 heavy (non-hydrogen) atoms. The average Bonchev–Trinajstić information content (AvgIpc) is 3.18. The highest BCUT2D eigenvalue weighted by Gasteiger charge is 2.21. The molecular weight excluding hydrogens is 344 g/mol. The van der Waals surface area contributed by atoms with E-state index in [0.29, 0.717) is 17.0 Å². The van der Waals surface area contributed by atoms with Crippen LogP contribution in [0.15, 0.2) is 60.8 Å². The second-order valence-electron chi connectivity index (χ2n) is 6.00. The van der Waals surface area contributed by atoms with Gasteiger partial charge in [0.15, 0.2) is 0 Å². The lowest BCUT2D eigenvalue weighted by atomic mass is 10.0. The number of benzene rings is 2. The van der Waals surface area contributed by atoms with Gasteiger partial charge >= 0.3 is 0 Å². The second kappa shape index (κ2) is 8.18. The maximum atomic E-state index is 12.9. The smallest absolute Gasteiger partial charge is 0.255 e. The van der Waals surface area contributed by atoms with Crippen LogP contribution in [0.3, 0.4) is 0 Å². The van der Waals surface area contributed by atoms with Crippen LogP contribution in [0.2, 0.25) is 0 Å². The number of H-pyrrole nitrogens is 1. The highest BCUT2D eigenvalue weighted by atomic mass is 16.5. The van der Waals surface area contributed by atoms with Gasteiger partial charge in [-0.05, 0) is 17.7 Å². The molecule has 3 aromatic rings. The number of carbonyl (C=O) groups is 2.